The summed E-state index contributed by atoms with van der Waals surface area (Å²) in [6.45, 7) is 1.18. The van der Waals surface area contributed by atoms with Gasteiger partial charge in [-0.25, -0.2) is 4.98 Å². The van der Waals surface area contributed by atoms with Crippen molar-refractivity contribution in [1.82, 2.24) is 14.9 Å². The average molecular weight is 299 g/mol. The fraction of sp³-hybridized carbons (Fsp3) is 0.500. The summed E-state index contributed by atoms with van der Waals surface area (Å²) in [5.41, 5.74) is 1.20. The van der Waals surface area contributed by atoms with Gasteiger partial charge in [0, 0.05) is 18.8 Å². The van der Waals surface area contributed by atoms with E-state index in [1.165, 1.54) is 4.57 Å². The van der Waals surface area contributed by atoms with Gasteiger partial charge >= 0.3 is 6.18 Å². The molecule has 3 heterocycles. The molecule has 7 heteroatoms. The lowest BCUT2D eigenvalue weighted by Gasteiger charge is -2.18. The summed E-state index contributed by atoms with van der Waals surface area (Å²) < 4.78 is 45.5. The smallest absolute Gasteiger partial charge is 0.449 e. The molecule has 3 rings (SSSR count). The van der Waals surface area contributed by atoms with Crippen molar-refractivity contribution >= 4 is 0 Å². The zero-order valence-electron chi connectivity index (χ0n) is 11.4. The first-order valence-electron chi connectivity index (χ1n) is 6.94. The van der Waals surface area contributed by atoms with Gasteiger partial charge in [0.25, 0.3) is 0 Å². The molecule has 2 aromatic rings. The van der Waals surface area contributed by atoms with Gasteiger partial charge in [-0.2, -0.15) is 13.2 Å². The summed E-state index contributed by atoms with van der Waals surface area (Å²) in [6.07, 6.45) is -0.497. The van der Waals surface area contributed by atoms with Crippen molar-refractivity contribution in [3.8, 4) is 0 Å². The van der Waals surface area contributed by atoms with Crippen LogP contribution in [0.15, 0.2) is 22.8 Å². The SMILES string of the molecule is FC(F)(F)c1nc(CNCc2ccco2)c2n1CCCC2. The third kappa shape index (κ3) is 2.97. The molecular formula is C14H16F3N3O. The van der Waals surface area contributed by atoms with Crippen LogP contribution < -0.4 is 5.32 Å². The van der Waals surface area contributed by atoms with E-state index in [1.807, 2.05) is 6.07 Å². The highest BCUT2D eigenvalue weighted by Crippen LogP contribution is 2.32. The average Bonchev–Trinajstić information content (AvgIpc) is 3.06. The number of furan rings is 1. The Labute approximate surface area is 120 Å². The molecule has 0 spiro atoms. The van der Waals surface area contributed by atoms with Crippen LogP contribution in [0, 0.1) is 0 Å². The Morgan fingerprint density at radius 1 is 1.29 bits per heavy atom. The van der Waals surface area contributed by atoms with E-state index in [0.29, 0.717) is 37.4 Å². The lowest BCUT2D eigenvalue weighted by molar-refractivity contribution is -0.147. The van der Waals surface area contributed by atoms with E-state index in [2.05, 4.69) is 10.3 Å². The lowest BCUT2D eigenvalue weighted by atomic mass is 10.1. The molecule has 0 saturated carbocycles. The summed E-state index contributed by atoms with van der Waals surface area (Å²) in [5, 5.41) is 3.08. The highest BCUT2D eigenvalue weighted by Gasteiger charge is 2.39. The number of hydrogen-bond donors (Lipinski definition) is 1. The summed E-state index contributed by atoms with van der Waals surface area (Å²) >= 11 is 0. The molecule has 0 atom stereocenters. The number of alkyl halides is 3. The number of nitrogens with zero attached hydrogens (tertiary/aromatic N) is 2. The normalized spacial score (nSPS) is 15.2. The molecule has 1 N–H and O–H groups in total. The van der Waals surface area contributed by atoms with Gasteiger partial charge in [0.05, 0.1) is 18.5 Å². The van der Waals surface area contributed by atoms with Crippen LogP contribution in [-0.4, -0.2) is 9.55 Å². The molecule has 0 aliphatic carbocycles. The Bertz CT molecular complexity index is 602. The Balaban J connectivity index is 1.77. The number of halogens is 3. The Hall–Kier alpha value is -1.76. The van der Waals surface area contributed by atoms with Crippen LogP contribution in [0.25, 0.3) is 0 Å². The van der Waals surface area contributed by atoms with Gasteiger partial charge in [0.1, 0.15) is 5.76 Å². The van der Waals surface area contributed by atoms with Crippen LogP contribution in [0.2, 0.25) is 0 Å². The van der Waals surface area contributed by atoms with Crippen LogP contribution in [0.5, 0.6) is 0 Å². The number of hydrogen-bond acceptors (Lipinski definition) is 3. The summed E-state index contributed by atoms with van der Waals surface area (Å²) in [7, 11) is 0. The largest absolute Gasteiger partial charge is 0.468 e. The van der Waals surface area contributed by atoms with E-state index in [0.717, 1.165) is 18.6 Å². The summed E-state index contributed by atoms with van der Waals surface area (Å²) in [4.78, 5) is 3.83. The molecule has 0 amide bonds. The number of rotatable bonds is 4. The van der Waals surface area contributed by atoms with Gasteiger partial charge in [-0.15, -0.1) is 0 Å². The predicted octanol–water partition coefficient (Wildman–Crippen LogP) is 3.12. The van der Waals surface area contributed by atoms with E-state index in [4.69, 9.17) is 4.42 Å². The first-order valence-corrected chi connectivity index (χ1v) is 6.94. The standard InChI is InChI=1S/C14H16F3N3O/c15-14(16,17)13-19-11(12-5-1-2-6-20(12)13)9-18-8-10-4-3-7-21-10/h3-4,7,18H,1-2,5-6,8-9H2. The fourth-order valence-electron chi connectivity index (χ4n) is 2.69. The molecule has 0 fully saturated rings. The highest BCUT2D eigenvalue weighted by molar-refractivity contribution is 5.21. The quantitative estimate of drug-likeness (QED) is 0.943. The van der Waals surface area contributed by atoms with E-state index in [1.54, 1.807) is 12.3 Å². The van der Waals surface area contributed by atoms with E-state index in [-0.39, 0.29) is 0 Å². The molecule has 0 aromatic carbocycles. The zero-order valence-corrected chi connectivity index (χ0v) is 11.4. The second-order valence-electron chi connectivity index (χ2n) is 5.12. The Morgan fingerprint density at radius 2 is 2.14 bits per heavy atom. The monoisotopic (exact) mass is 299 g/mol. The zero-order chi connectivity index (χ0) is 14.9. The Morgan fingerprint density at radius 3 is 2.86 bits per heavy atom. The second kappa shape index (κ2) is 5.55. The number of aromatic nitrogens is 2. The molecule has 0 bridgehead atoms. The molecule has 0 unspecified atom stereocenters. The van der Waals surface area contributed by atoms with Gasteiger partial charge in [-0.3, -0.25) is 0 Å². The van der Waals surface area contributed by atoms with Crippen molar-refractivity contribution in [3.63, 3.8) is 0 Å². The topological polar surface area (TPSA) is 43.0 Å². The van der Waals surface area contributed by atoms with Crippen molar-refractivity contribution in [2.45, 2.75) is 45.1 Å². The van der Waals surface area contributed by atoms with Gasteiger partial charge in [-0.05, 0) is 31.4 Å². The maximum absolute atomic E-state index is 13.0. The fourth-order valence-corrected chi connectivity index (χ4v) is 2.69. The minimum atomic E-state index is -4.40. The maximum atomic E-state index is 13.0. The highest BCUT2D eigenvalue weighted by atomic mass is 19.4. The third-order valence-corrected chi connectivity index (χ3v) is 3.63. The lowest BCUT2D eigenvalue weighted by Crippen LogP contribution is -2.19. The van der Waals surface area contributed by atoms with Gasteiger partial charge in [0.15, 0.2) is 0 Å². The number of fused-ring (bicyclic) bond motifs is 1. The summed E-state index contributed by atoms with van der Waals surface area (Å²) in [6, 6.07) is 3.59. The number of nitrogens with one attached hydrogen (secondary N) is 1. The van der Waals surface area contributed by atoms with Crippen molar-refractivity contribution in [2.24, 2.45) is 0 Å². The predicted molar refractivity (Wildman–Crippen MR) is 69.4 cm³/mol. The van der Waals surface area contributed by atoms with Crippen molar-refractivity contribution in [3.05, 3.63) is 41.4 Å². The first kappa shape index (κ1) is 14.2. The molecule has 4 nitrogen and oxygen atoms in total. The molecule has 0 radical (unpaired) electrons. The molecular weight excluding hydrogens is 283 g/mol. The first-order chi connectivity index (χ1) is 10.1. The van der Waals surface area contributed by atoms with Gasteiger partial charge < -0.3 is 14.3 Å². The van der Waals surface area contributed by atoms with E-state index < -0.39 is 12.0 Å². The van der Waals surface area contributed by atoms with Gasteiger partial charge in [0.2, 0.25) is 5.82 Å². The minimum absolute atomic E-state index is 0.312. The van der Waals surface area contributed by atoms with E-state index >= 15 is 0 Å². The second-order valence-corrected chi connectivity index (χ2v) is 5.12. The van der Waals surface area contributed by atoms with Crippen LogP contribution in [-0.2, 0) is 32.2 Å². The van der Waals surface area contributed by atoms with Crippen molar-refractivity contribution in [1.29, 1.82) is 0 Å². The molecule has 1 aliphatic rings. The third-order valence-electron chi connectivity index (χ3n) is 3.63. The molecule has 114 valence electrons. The summed E-state index contributed by atoms with van der Waals surface area (Å²) in [5.74, 6) is -0.0221. The minimum Gasteiger partial charge on any atom is -0.468 e. The number of imidazole rings is 1. The van der Waals surface area contributed by atoms with Crippen LogP contribution >= 0.6 is 0 Å². The maximum Gasteiger partial charge on any atom is 0.449 e. The van der Waals surface area contributed by atoms with Crippen LogP contribution in [0.3, 0.4) is 0 Å². The van der Waals surface area contributed by atoms with Crippen molar-refractivity contribution in [2.75, 3.05) is 0 Å². The molecule has 0 saturated heterocycles. The van der Waals surface area contributed by atoms with Crippen LogP contribution in [0.4, 0.5) is 13.2 Å². The molecule has 2 aromatic heterocycles. The van der Waals surface area contributed by atoms with Crippen LogP contribution in [0.1, 0.15) is 35.8 Å². The molecule has 1 aliphatic heterocycles. The van der Waals surface area contributed by atoms with Gasteiger partial charge in [-0.1, -0.05) is 0 Å². The van der Waals surface area contributed by atoms with Crippen molar-refractivity contribution < 1.29 is 17.6 Å². The Kier molecular flexibility index (Phi) is 3.75. The van der Waals surface area contributed by atoms with E-state index in [9.17, 15) is 13.2 Å². The molecule has 21 heavy (non-hydrogen) atoms.